The maximum Gasteiger partial charge on any atom is 0.241 e. The number of benzene rings is 1. The van der Waals surface area contributed by atoms with Crippen LogP contribution in [0.3, 0.4) is 0 Å². The van der Waals surface area contributed by atoms with Gasteiger partial charge in [0.25, 0.3) is 0 Å². The summed E-state index contributed by atoms with van der Waals surface area (Å²) in [5.74, 6) is 1.38. The number of nitrogens with zero attached hydrogens (tertiary/aromatic N) is 2. The molecule has 4 nitrogen and oxygen atoms in total. The van der Waals surface area contributed by atoms with Gasteiger partial charge in [-0.05, 0) is 27.0 Å². The smallest absolute Gasteiger partial charge is 0.241 e. The molecule has 0 saturated carbocycles. The van der Waals surface area contributed by atoms with Gasteiger partial charge in [0, 0.05) is 18.3 Å². The second-order valence-electron chi connectivity index (χ2n) is 4.14. The minimum Gasteiger partial charge on any atom is -0.437 e. The van der Waals surface area contributed by atoms with Crippen molar-refractivity contribution in [2.45, 2.75) is 20.4 Å². The molecule has 0 amide bonds. The first kappa shape index (κ1) is 12.5. The van der Waals surface area contributed by atoms with E-state index in [1.807, 2.05) is 45.2 Å². The zero-order valence-corrected chi connectivity index (χ0v) is 10.9. The summed E-state index contributed by atoms with van der Waals surface area (Å²) in [6, 6.07) is 7.92. The number of aromatic nitrogens is 2. The minimum atomic E-state index is 0.568. The van der Waals surface area contributed by atoms with Gasteiger partial charge in [0.05, 0.1) is 11.4 Å². The Balaban J connectivity index is 2.30. The van der Waals surface area contributed by atoms with Crippen molar-refractivity contribution in [3.05, 3.63) is 47.4 Å². The fraction of sp³-hybridized carbons (Fsp3) is 0.286. The molecule has 2 rings (SSSR count). The number of para-hydroxylation sites is 1. The number of nitrogens with one attached hydrogen (secondary N) is 1. The number of hydrogen-bond acceptors (Lipinski definition) is 4. The maximum absolute atomic E-state index is 5.86. The normalized spacial score (nSPS) is 10.4. The number of aryl methyl sites for hydroxylation is 2. The molecule has 1 aromatic heterocycles. The van der Waals surface area contributed by atoms with E-state index < -0.39 is 0 Å². The topological polar surface area (TPSA) is 47.0 Å². The molecule has 0 saturated heterocycles. The maximum atomic E-state index is 5.86. The van der Waals surface area contributed by atoms with Crippen molar-refractivity contribution < 1.29 is 4.74 Å². The zero-order valence-electron chi connectivity index (χ0n) is 10.9. The number of ether oxygens (including phenoxy) is 1. The molecular formula is C14H17N3O. The first-order valence-electron chi connectivity index (χ1n) is 5.91. The van der Waals surface area contributed by atoms with Crippen LogP contribution in [0, 0.1) is 13.8 Å². The van der Waals surface area contributed by atoms with Crippen LogP contribution in [0.5, 0.6) is 11.6 Å². The van der Waals surface area contributed by atoms with Gasteiger partial charge in [-0.25, -0.2) is 4.98 Å². The Bertz CT molecular complexity index is 540. The fourth-order valence-electron chi connectivity index (χ4n) is 1.66. The Morgan fingerprint density at radius 1 is 1.22 bits per heavy atom. The lowest BCUT2D eigenvalue weighted by Crippen LogP contribution is -2.06. The van der Waals surface area contributed by atoms with E-state index in [9.17, 15) is 0 Å². The fourth-order valence-corrected chi connectivity index (χ4v) is 1.66. The highest BCUT2D eigenvalue weighted by atomic mass is 16.5. The summed E-state index contributed by atoms with van der Waals surface area (Å²) in [4.78, 5) is 8.61. The van der Waals surface area contributed by atoms with Crippen molar-refractivity contribution in [1.82, 2.24) is 15.3 Å². The highest BCUT2D eigenvalue weighted by molar-refractivity contribution is 5.36. The summed E-state index contributed by atoms with van der Waals surface area (Å²) in [6.45, 7) is 4.55. The van der Waals surface area contributed by atoms with E-state index in [-0.39, 0.29) is 0 Å². The molecule has 0 fully saturated rings. The molecule has 0 aliphatic rings. The van der Waals surface area contributed by atoms with Crippen LogP contribution in [0.4, 0.5) is 0 Å². The van der Waals surface area contributed by atoms with Crippen molar-refractivity contribution in [3.8, 4) is 11.6 Å². The van der Waals surface area contributed by atoms with Gasteiger partial charge in [-0.1, -0.05) is 18.2 Å². The van der Waals surface area contributed by atoms with Crippen molar-refractivity contribution >= 4 is 0 Å². The van der Waals surface area contributed by atoms with Gasteiger partial charge in [-0.2, -0.15) is 0 Å². The molecule has 1 aromatic carbocycles. The highest BCUT2D eigenvalue weighted by Crippen LogP contribution is 2.25. The second-order valence-corrected chi connectivity index (χ2v) is 4.14. The van der Waals surface area contributed by atoms with Gasteiger partial charge in [-0.15, -0.1) is 0 Å². The van der Waals surface area contributed by atoms with Gasteiger partial charge in [-0.3, -0.25) is 4.98 Å². The van der Waals surface area contributed by atoms with Crippen molar-refractivity contribution in [2.24, 2.45) is 0 Å². The van der Waals surface area contributed by atoms with Gasteiger partial charge in [0.15, 0.2) is 0 Å². The Morgan fingerprint density at radius 2 is 2.00 bits per heavy atom. The molecule has 1 heterocycles. The van der Waals surface area contributed by atoms with Crippen LogP contribution >= 0.6 is 0 Å². The van der Waals surface area contributed by atoms with Crippen LogP contribution in [0.15, 0.2) is 30.5 Å². The van der Waals surface area contributed by atoms with E-state index in [0.717, 1.165) is 29.2 Å². The number of rotatable bonds is 4. The lowest BCUT2D eigenvalue weighted by Gasteiger charge is -2.11. The highest BCUT2D eigenvalue weighted by Gasteiger charge is 2.08. The van der Waals surface area contributed by atoms with E-state index in [2.05, 4.69) is 15.3 Å². The zero-order chi connectivity index (χ0) is 13.0. The van der Waals surface area contributed by atoms with Crippen LogP contribution in [0.1, 0.15) is 17.0 Å². The van der Waals surface area contributed by atoms with Crippen LogP contribution in [-0.4, -0.2) is 17.0 Å². The Kier molecular flexibility index (Phi) is 3.89. The summed E-state index contributed by atoms with van der Waals surface area (Å²) < 4.78 is 5.86. The quantitative estimate of drug-likeness (QED) is 0.896. The van der Waals surface area contributed by atoms with E-state index in [1.54, 1.807) is 6.20 Å². The molecule has 2 aromatic rings. The lowest BCUT2D eigenvalue weighted by molar-refractivity contribution is 0.447. The first-order valence-corrected chi connectivity index (χ1v) is 5.91. The van der Waals surface area contributed by atoms with Crippen molar-refractivity contribution in [2.75, 3.05) is 7.05 Å². The average molecular weight is 243 g/mol. The lowest BCUT2D eigenvalue weighted by atomic mass is 10.2. The average Bonchev–Trinajstić information content (AvgIpc) is 2.36. The predicted octanol–water partition coefficient (Wildman–Crippen LogP) is 2.61. The van der Waals surface area contributed by atoms with Gasteiger partial charge >= 0.3 is 0 Å². The third kappa shape index (κ3) is 2.84. The molecule has 0 aliphatic heterocycles. The third-order valence-electron chi connectivity index (χ3n) is 2.58. The summed E-state index contributed by atoms with van der Waals surface area (Å²) in [7, 11) is 1.91. The molecule has 1 N–H and O–H groups in total. The summed E-state index contributed by atoms with van der Waals surface area (Å²) in [6.07, 6.45) is 1.74. The molecule has 0 atom stereocenters. The largest absolute Gasteiger partial charge is 0.437 e. The van der Waals surface area contributed by atoms with Crippen LogP contribution < -0.4 is 10.1 Å². The van der Waals surface area contributed by atoms with Crippen molar-refractivity contribution in [1.29, 1.82) is 0 Å². The van der Waals surface area contributed by atoms with Gasteiger partial charge in [0.1, 0.15) is 5.75 Å². The molecular weight excluding hydrogens is 226 g/mol. The molecule has 94 valence electrons. The predicted molar refractivity (Wildman–Crippen MR) is 70.8 cm³/mol. The van der Waals surface area contributed by atoms with Gasteiger partial charge in [0.2, 0.25) is 5.88 Å². The third-order valence-corrected chi connectivity index (χ3v) is 2.58. The first-order chi connectivity index (χ1) is 8.70. The molecule has 0 radical (unpaired) electrons. The Morgan fingerprint density at radius 3 is 2.78 bits per heavy atom. The van der Waals surface area contributed by atoms with E-state index in [0.29, 0.717) is 5.88 Å². The SMILES string of the molecule is CNCc1ccccc1Oc1nc(C)cnc1C. The molecule has 0 spiro atoms. The molecule has 0 bridgehead atoms. The summed E-state index contributed by atoms with van der Waals surface area (Å²) in [5, 5.41) is 3.12. The minimum absolute atomic E-state index is 0.568. The monoisotopic (exact) mass is 243 g/mol. The van der Waals surface area contributed by atoms with E-state index >= 15 is 0 Å². The van der Waals surface area contributed by atoms with Crippen LogP contribution in [-0.2, 0) is 6.54 Å². The molecule has 0 aliphatic carbocycles. The van der Waals surface area contributed by atoms with E-state index in [4.69, 9.17) is 4.74 Å². The van der Waals surface area contributed by atoms with Crippen LogP contribution in [0.2, 0.25) is 0 Å². The summed E-state index contributed by atoms with van der Waals surface area (Å²) in [5.41, 5.74) is 2.74. The van der Waals surface area contributed by atoms with E-state index in [1.165, 1.54) is 0 Å². The molecule has 0 unspecified atom stereocenters. The summed E-state index contributed by atoms with van der Waals surface area (Å²) >= 11 is 0. The van der Waals surface area contributed by atoms with Gasteiger partial charge < -0.3 is 10.1 Å². The Hall–Kier alpha value is -1.94. The molecule has 4 heteroatoms. The standard InChI is InChI=1S/C14H17N3O/c1-10-8-16-11(2)14(17-10)18-13-7-5-4-6-12(13)9-15-3/h4-8,15H,9H2,1-3H3. The van der Waals surface area contributed by atoms with Crippen molar-refractivity contribution in [3.63, 3.8) is 0 Å². The second kappa shape index (κ2) is 5.60. The van der Waals surface area contributed by atoms with Crippen LogP contribution in [0.25, 0.3) is 0 Å². The number of hydrogen-bond donors (Lipinski definition) is 1. The molecule has 18 heavy (non-hydrogen) atoms. The Labute approximate surface area is 107 Å².